The topological polar surface area (TPSA) is 135 Å². The Balaban J connectivity index is 2.20. The molecule has 0 saturated heterocycles. The lowest BCUT2D eigenvalue weighted by atomic mass is 10.3. The SMILES string of the molecule is CCOC(=O)NC(=O)C(C#N)=NNc1cc(Cl)c(Oc2ccc(=O)n(C(C)C)c2)c(Cl)c1. The van der Waals surface area contributed by atoms with Crippen LogP contribution in [0.2, 0.25) is 10.0 Å². The molecule has 1 aromatic heterocycles. The first-order valence-corrected chi connectivity index (χ1v) is 10.0. The molecule has 0 spiro atoms. The molecule has 1 heterocycles. The normalized spacial score (nSPS) is 11.0. The molecule has 0 saturated carbocycles. The van der Waals surface area contributed by atoms with Gasteiger partial charge < -0.3 is 14.0 Å². The third kappa shape index (κ3) is 6.47. The number of ether oxygens (including phenoxy) is 2. The molecule has 1 aromatic carbocycles. The molecule has 0 bridgehead atoms. The molecule has 2 amide bonds. The average molecular weight is 480 g/mol. The summed E-state index contributed by atoms with van der Waals surface area (Å²) in [6, 6.07) is 7.16. The number of benzene rings is 1. The Labute approximate surface area is 193 Å². The van der Waals surface area contributed by atoms with Crippen LogP contribution in [0.25, 0.3) is 0 Å². The van der Waals surface area contributed by atoms with E-state index in [2.05, 4.69) is 15.3 Å². The number of alkyl carbamates (subject to hydrolysis) is 1. The number of halogens is 2. The minimum absolute atomic E-state index is 0.0559. The second-order valence-electron chi connectivity index (χ2n) is 6.43. The van der Waals surface area contributed by atoms with Gasteiger partial charge in [0.1, 0.15) is 11.8 Å². The summed E-state index contributed by atoms with van der Waals surface area (Å²) in [7, 11) is 0. The van der Waals surface area contributed by atoms with Gasteiger partial charge in [-0.15, -0.1) is 0 Å². The average Bonchev–Trinajstić information content (AvgIpc) is 2.72. The van der Waals surface area contributed by atoms with Gasteiger partial charge in [-0.3, -0.25) is 20.3 Å². The van der Waals surface area contributed by atoms with E-state index >= 15 is 0 Å². The van der Waals surface area contributed by atoms with E-state index in [0.29, 0.717) is 5.75 Å². The van der Waals surface area contributed by atoms with Crippen LogP contribution in [-0.2, 0) is 9.53 Å². The van der Waals surface area contributed by atoms with Crippen LogP contribution in [0.15, 0.2) is 40.4 Å². The van der Waals surface area contributed by atoms with E-state index in [1.807, 2.05) is 19.2 Å². The number of carbonyl (C=O) groups excluding carboxylic acids is 2. The van der Waals surface area contributed by atoms with E-state index in [1.165, 1.54) is 35.0 Å². The van der Waals surface area contributed by atoms with Crippen molar-refractivity contribution in [3.05, 3.63) is 50.9 Å². The highest BCUT2D eigenvalue weighted by Crippen LogP contribution is 2.38. The molecule has 12 heteroatoms. The zero-order valence-corrected chi connectivity index (χ0v) is 18.8. The van der Waals surface area contributed by atoms with E-state index in [1.54, 1.807) is 13.0 Å². The number of nitrogens with zero attached hydrogens (tertiary/aromatic N) is 3. The summed E-state index contributed by atoms with van der Waals surface area (Å²) in [6.45, 7) is 5.33. The summed E-state index contributed by atoms with van der Waals surface area (Å²) in [6.07, 6.45) is 0.536. The molecule has 0 radical (unpaired) electrons. The van der Waals surface area contributed by atoms with Crippen LogP contribution in [0.1, 0.15) is 26.8 Å². The number of nitrogens with one attached hydrogen (secondary N) is 2. The Hall–Kier alpha value is -3.55. The number of anilines is 1. The fourth-order valence-electron chi connectivity index (χ4n) is 2.35. The van der Waals surface area contributed by atoms with Gasteiger partial charge in [0.05, 0.1) is 28.5 Å². The number of aromatic nitrogens is 1. The van der Waals surface area contributed by atoms with Gasteiger partial charge in [0, 0.05) is 12.1 Å². The number of amides is 2. The standard InChI is InChI=1S/C20H19Cl2N5O5/c1-4-31-20(30)24-19(29)16(9-23)26-25-12-7-14(21)18(15(22)8-12)32-13-5-6-17(28)27(10-13)11(2)3/h5-8,10-11,25H,4H2,1-3H3,(H,24,29,30). The first-order valence-electron chi connectivity index (χ1n) is 9.27. The highest BCUT2D eigenvalue weighted by molar-refractivity contribution is 6.47. The number of nitriles is 1. The van der Waals surface area contributed by atoms with Gasteiger partial charge >= 0.3 is 6.09 Å². The predicted molar refractivity (Wildman–Crippen MR) is 119 cm³/mol. The zero-order valence-electron chi connectivity index (χ0n) is 17.3. The predicted octanol–water partition coefficient (Wildman–Crippen LogP) is 4.09. The lowest BCUT2D eigenvalue weighted by Gasteiger charge is -2.14. The number of hydrazone groups is 1. The van der Waals surface area contributed by atoms with Gasteiger partial charge in [0.2, 0.25) is 5.71 Å². The van der Waals surface area contributed by atoms with Gasteiger partial charge in [-0.1, -0.05) is 23.2 Å². The molecule has 0 aliphatic heterocycles. The number of carbonyl (C=O) groups is 2. The van der Waals surface area contributed by atoms with Crippen LogP contribution < -0.4 is 21.0 Å². The van der Waals surface area contributed by atoms with E-state index in [0.717, 1.165) is 0 Å². The van der Waals surface area contributed by atoms with Gasteiger partial charge in [-0.05, 0) is 39.0 Å². The fourth-order valence-corrected chi connectivity index (χ4v) is 2.92. The molecule has 32 heavy (non-hydrogen) atoms. The van der Waals surface area contributed by atoms with Crippen molar-refractivity contribution >= 4 is 46.6 Å². The minimum Gasteiger partial charge on any atom is -0.453 e. The summed E-state index contributed by atoms with van der Waals surface area (Å²) in [5.41, 5.74) is 1.91. The maximum Gasteiger partial charge on any atom is 0.414 e. The molecule has 0 unspecified atom stereocenters. The third-order valence-electron chi connectivity index (χ3n) is 3.79. The number of rotatable bonds is 7. The van der Waals surface area contributed by atoms with E-state index in [-0.39, 0.29) is 39.7 Å². The number of imide groups is 1. The highest BCUT2D eigenvalue weighted by atomic mass is 35.5. The van der Waals surface area contributed by atoms with Gasteiger partial charge in [0.15, 0.2) is 5.75 Å². The Morgan fingerprint density at radius 3 is 2.47 bits per heavy atom. The first kappa shape index (κ1) is 24.7. The maximum absolute atomic E-state index is 11.9. The smallest absolute Gasteiger partial charge is 0.414 e. The lowest BCUT2D eigenvalue weighted by Crippen LogP contribution is -2.36. The fraction of sp³-hybridized carbons (Fsp3) is 0.250. The molecule has 0 aliphatic carbocycles. The van der Waals surface area contributed by atoms with Crippen LogP contribution in [0.4, 0.5) is 10.5 Å². The summed E-state index contributed by atoms with van der Waals surface area (Å²) in [5.74, 6) is -0.559. The van der Waals surface area contributed by atoms with Gasteiger partial charge in [-0.25, -0.2) is 4.79 Å². The Morgan fingerprint density at radius 1 is 1.25 bits per heavy atom. The quantitative estimate of drug-likeness (QED) is 0.450. The Kier molecular flexibility index (Phi) is 8.63. The van der Waals surface area contributed by atoms with Gasteiger partial charge in [-0.2, -0.15) is 10.4 Å². The number of pyridine rings is 1. The number of hydrogen-bond donors (Lipinski definition) is 2. The van der Waals surface area contributed by atoms with Crippen LogP contribution >= 0.6 is 23.2 Å². The van der Waals surface area contributed by atoms with E-state index in [9.17, 15) is 14.4 Å². The monoisotopic (exact) mass is 479 g/mol. The van der Waals surface area contributed by atoms with Crippen LogP contribution in [0.5, 0.6) is 11.5 Å². The third-order valence-corrected chi connectivity index (χ3v) is 4.36. The summed E-state index contributed by atoms with van der Waals surface area (Å²) in [5, 5.41) is 14.8. The van der Waals surface area contributed by atoms with Crippen molar-refractivity contribution in [3.63, 3.8) is 0 Å². The molecule has 0 aliphatic rings. The van der Waals surface area contributed by atoms with Crippen molar-refractivity contribution in [1.29, 1.82) is 5.26 Å². The van der Waals surface area contributed by atoms with Crippen molar-refractivity contribution in [2.24, 2.45) is 5.10 Å². The molecule has 168 valence electrons. The highest BCUT2D eigenvalue weighted by Gasteiger charge is 2.16. The molecule has 10 nitrogen and oxygen atoms in total. The molecule has 2 aromatic rings. The zero-order chi connectivity index (χ0) is 23.8. The van der Waals surface area contributed by atoms with Crippen molar-refractivity contribution in [1.82, 2.24) is 9.88 Å². The lowest BCUT2D eigenvalue weighted by molar-refractivity contribution is -0.114. The van der Waals surface area contributed by atoms with E-state index < -0.39 is 17.7 Å². The van der Waals surface area contributed by atoms with Crippen LogP contribution in [-0.4, -0.2) is 28.9 Å². The first-order chi connectivity index (χ1) is 15.2. The molecular weight excluding hydrogens is 461 g/mol. The number of hydrogen-bond acceptors (Lipinski definition) is 8. The minimum atomic E-state index is -1.05. The molecular formula is C20H19Cl2N5O5. The van der Waals surface area contributed by atoms with Crippen molar-refractivity contribution in [2.45, 2.75) is 26.8 Å². The van der Waals surface area contributed by atoms with Crippen molar-refractivity contribution in [3.8, 4) is 17.6 Å². The summed E-state index contributed by atoms with van der Waals surface area (Å²) < 4.78 is 11.8. The van der Waals surface area contributed by atoms with Crippen molar-refractivity contribution < 1.29 is 19.1 Å². The second-order valence-corrected chi connectivity index (χ2v) is 7.25. The summed E-state index contributed by atoms with van der Waals surface area (Å²) in [4.78, 5) is 35.1. The second kappa shape index (κ2) is 11.2. The Bertz CT molecular complexity index is 1130. The van der Waals surface area contributed by atoms with Crippen LogP contribution in [0, 0.1) is 11.3 Å². The van der Waals surface area contributed by atoms with E-state index in [4.69, 9.17) is 33.2 Å². The van der Waals surface area contributed by atoms with Gasteiger partial charge in [0.25, 0.3) is 11.5 Å². The molecule has 0 atom stereocenters. The van der Waals surface area contributed by atoms with Crippen molar-refractivity contribution in [2.75, 3.05) is 12.0 Å². The maximum atomic E-state index is 11.9. The Morgan fingerprint density at radius 2 is 1.91 bits per heavy atom. The van der Waals surface area contributed by atoms with Crippen LogP contribution in [0.3, 0.4) is 0 Å². The molecule has 2 N–H and O–H groups in total. The molecule has 0 fully saturated rings. The summed E-state index contributed by atoms with van der Waals surface area (Å²) >= 11 is 12.5. The largest absolute Gasteiger partial charge is 0.453 e. The molecule has 2 rings (SSSR count).